The standard InChI is InChI=1S/C25H19F2NO3/c1-13-10-14(2)19(11-16(13)12-29)18-8-9-20-21(23(18)27)22(25(30)28-3)24(31-20)15-4-6-17(26)7-5-15/h4-12H,1-3H3,(H,28,30). The largest absolute Gasteiger partial charge is 0.455 e. The molecule has 0 saturated carbocycles. The number of hydrogen-bond acceptors (Lipinski definition) is 3. The lowest BCUT2D eigenvalue weighted by Gasteiger charge is -2.11. The maximum Gasteiger partial charge on any atom is 0.255 e. The zero-order valence-corrected chi connectivity index (χ0v) is 17.2. The molecular formula is C25H19F2NO3. The molecule has 0 saturated heterocycles. The van der Waals surface area contributed by atoms with Gasteiger partial charge in [-0.25, -0.2) is 8.78 Å². The summed E-state index contributed by atoms with van der Waals surface area (Å²) < 4.78 is 35.0. The van der Waals surface area contributed by atoms with Gasteiger partial charge in [-0.3, -0.25) is 9.59 Å². The van der Waals surface area contributed by atoms with Crippen LogP contribution >= 0.6 is 0 Å². The highest BCUT2D eigenvalue weighted by Crippen LogP contribution is 2.39. The van der Waals surface area contributed by atoms with Crippen molar-refractivity contribution in [3.05, 3.63) is 82.4 Å². The quantitative estimate of drug-likeness (QED) is 0.423. The van der Waals surface area contributed by atoms with E-state index in [1.165, 1.54) is 31.3 Å². The summed E-state index contributed by atoms with van der Waals surface area (Å²) in [7, 11) is 1.44. The van der Waals surface area contributed by atoms with Crippen molar-refractivity contribution >= 4 is 23.2 Å². The van der Waals surface area contributed by atoms with E-state index in [1.54, 1.807) is 18.2 Å². The second-order valence-electron chi connectivity index (χ2n) is 7.33. The molecule has 0 bridgehead atoms. The third kappa shape index (κ3) is 3.40. The van der Waals surface area contributed by atoms with Crippen LogP contribution in [0.4, 0.5) is 8.78 Å². The number of benzene rings is 3. The lowest BCUT2D eigenvalue weighted by molar-refractivity contribution is 0.0964. The fraction of sp³-hybridized carbons (Fsp3) is 0.120. The average Bonchev–Trinajstić information content (AvgIpc) is 3.15. The number of carbonyl (C=O) groups is 2. The fourth-order valence-corrected chi connectivity index (χ4v) is 3.79. The summed E-state index contributed by atoms with van der Waals surface area (Å²) in [5.74, 6) is -1.43. The number of aldehydes is 1. The van der Waals surface area contributed by atoms with Gasteiger partial charge in [0.15, 0.2) is 0 Å². The Kier molecular flexibility index (Phi) is 5.15. The minimum absolute atomic E-state index is 0.0313. The van der Waals surface area contributed by atoms with Gasteiger partial charge in [0.2, 0.25) is 0 Å². The molecule has 0 unspecified atom stereocenters. The molecule has 1 N–H and O–H groups in total. The fourth-order valence-electron chi connectivity index (χ4n) is 3.79. The number of rotatable bonds is 4. The van der Waals surface area contributed by atoms with Crippen LogP contribution in [-0.4, -0.2) is 19.2 Å². The van der Waals surface area contributed by atoms with Crippen molar-refractivity contribution in [1.82, 2.24) is 5.32 Å². The number of furan rings is 1. The summed E-state index contributed by atoms with van der Waals surface area (Å²) in [5.41, 5.74) is 3.54. The molecule has 31 heavy (non-hydrogen) atoms. The molecule has 4 aromatic rings. The number of amides is 1. The molecule has 0 radical (unpaired) electrons. The molecular weight excluding hydrogens is 400 g/mol. The predicted octanol–water partition coefficient (Wildman–Crippen LogP) is 5.83. The molecule has 156 valence electrons. The molecule has 0 aliphatic rings. The average molecular weight is 419 g/mol. The van der Waals surface area contributed by atoms with Crippen LogP contribution in [-0.2, 0) is 0 Å². The molecule has 1 heterocycles. The van der Waals surface area contributed by atoms with Crippen LogP contribution in [0.2, 0.25) is 0 Å². The van der Waals surface area contributed by atoms with Crippen LogP contribution in [0.25, 0.3) is 33.4 Å². The molecule has 0 aliphatic carbocycles. The van der Waals surface area contributed by atoms with Crippen LogP contribution in [0.3, 0.4) is 0 Å². The molecule has 1 aromatic heterocycles. The minimum Gasteiger partial charge on any atom is -0.455 e. The Bertz CT molecular complexity index is 1340. The normalized spacial score (nSPS) is 11.0. The van der Waals surface area contributed by atoms with E-state index in [9.17, 15) is 14.0 Å². The lowest BCUT2D eigenvalue weighted by atomic mass is 9.93. The Hall–Kier alpha value is -3.80. The van der Waals surface area contributed by atoms with E-state index in [2.05, 4.69) is 5.32 Å². The first-order valence-corrected chi connectivity index (χ1v) is 9.65. The Balaban J connectivity index is 2.03. The number of nitrogens with one attached hydrogen (secondary N) is 1. The van der Waals surface area contributed by atoms with E-state index < -0.39 is 17.5 Å². The van der Waals surface area contributed by atoms with Crippen molar-refractivity contribution in [1.29, 1.82) is 0 Å². The van der Waals surface area contributed by atoms with E-state index in [0.717, 1.165) is 17.4 Å². The van der Waals surface area contributed by atoms with Gasteiger partial charge in [0.25, 0.3) is 5.91 Å². The van der Waals surface area contributed by atoms with Gasteiger partial charge < -0.3 is 9.73 Å². The third-order valence-electron chi connectivity index (χ3n) is 5.38. The van der Waals surface area contributed by atoms with Crippen LogP contribution in [0, 0.1) is 25.5 Å². The van der Waals surface area contributed by atoms with Crippen molar-refractivity contribution in [3.63, 3.8) is 0 Å². The first kappa shape index (κ1) is 20.5. The summed E-state index contributed by atoms with van der Waals surface area (Å²) in [4.78, 5) is 24.1. The second kappa shape index (κ2) is 7.80. The zero-order chi connectivity index (χ0) is 22.3. The maximum absolute atomic E-state index is 15.8. The molecule has 3 aromatic carbocycles. The van der Waals surface area contributed by atoms with Gasteiger partial charge in [-0.15, -0.1) is 0 Å². The van der Waals surface area contributed by atoms with E-state index in [0.29, 0.717) is 16.7 Å². The van der Waals surface area contributed by atoms with E-state index in [-0.39, 0.29) is 27.9 Å². The van der Waals surface area contributed by atoms with Gasteiger partial charge in [-0.05, 0) is 73.0 Å². The predicted molar refractivity (Wildman–Crippen MR) is 115 cm³/mol. The number of halogens is 2. The van der Waals surface area contributed by atoms with Gasteiger partial charge in [-0.2, -0.15) is 0 Å². The number of hydrogen-bond donors (Lipinski definition) is 1. The van der Waals surface area contributed by atoms with Gasteiger partial charge in [-0.1, -0.05) is 6.07 Å². The molecule has 0 fully saturated rings. The van der Waals surface area contributed by atoms with E-state index in [4.69, 9.17) is 4.42 Å². The molecule has 0 atom stereocenters. The van der Waals surface area contributed by atoms with E-state index >= 15 is 4.39 Å². The molecule has 1 amide bonds. The minimum atomic E-state index is -0.628. The van der Waals surface area contributed by atoms with Crippen molar-refractivity contribution in [2.45, 2.75) is 13.8 Å². The Morgan fingerprint density at radius 2 is 1.68 bits per heavy atom. The molecule has 0 spiro atoms. The molecule has 4 rings (SSSR count). The lowest BCUT2D eigenvalue weighted by Crippen LogP contribution is -2.18. The Labute approximate surface area is 177 Å². The summed E-state index contributed by atoms with van der Waals surface area (Å²) >= 11 is 0. The zero-order valence-electron chi connectivity index (χ0n) is 17.2. The first-order valence-electron chi connectivity index (χ1n) is 9.65. The topological polar surface area (TPSA) is 59.3 Å². The summed E-state index contributed by atoms with van der Waals surface area (Å²) in [6.45, 7) is 3.65. The Morgan fingerprint density at radius 3 is 2.32 bits per heavy atom. The number of aryl methyl sites for hydroxylation is 2. The smallest absolute Gasteiger partial charge is 0.255 e. The van der Waals surface area contributed by atoms with E-state index in [1.807, 2.05) is 19.9 Å². The summed E-state index contributed by atoms with van der Waals surface area (Å²) in [6, 6.07) is 12.0. The van der Waals surface area contributed by atoms with Crippen molar-refractivity contribution in [2.75, 3.05) is 7.05 Å². The highest BCUT2D eigenvalue weighted by atomic mass is 19.1. The van der Waals surface area contributed by atoms with Crippen LogP contribution in [0.15, 0.2) is 52.9 Å². The first-order chi connectivity index (χ1) is 14.8. The summed E-state index contributed by atoms with van der Waals surface area (Å²) in [5, 5.41) is 2.55. The van der Waals surface area contributed by atoms with Gasteiger partial charge in [0.05, 0.1) is 10.9 Å². The van der Waals surface area contributed by atoms with Crippen LogP contribution < -0.4 is 5.32 Å². The number of carbonyl (C=O) groups excluding carboxylic acids is 2. The number of fused-ring (bicyclic) bond motifs is 1. The molecule has 6 heteroatoms. The van der Waals surface area contributed by atoms with Crippen molar-refractivity contribution in [2.24, 2.45) is 0 Å². The maximum atomic E-state index is 15.8. The Morgan fingerprint density at radius 1 is 0.968 bits per heavy atom. The van der Waals surface area contributed by atoms with Gasteiger partial charge in [0.1, 0.15) is 29.3 Å². The van der Waals surface area contributed by atoms with Crippen LogP contribution in [0.5, 0.6) is 0 Å². The SMILES string of the molecule is CNC(=O)c1c(-c2ccc(F)cc2)oc2ccc(-c3cc(C=O)c(C)cc3C)c(F)c12. The van der Waals surface area contributed by atoms with Gasteiger partial charge in [0, 0.05) is 23.7 Å². The van der Waals surface area contributed by atoms with Crippen molar-refractivity contribution in [3.8, 4) is 22.5 Å². The molecule has 4 nitrogen and oxygen atoms in total. The second-order valence-corrected chi connectivity index (χ2v) is 7.33. The third-order valence-corrected chi connectivity index (χ3v) is 5.38. The summed E-state index contributed by atoms with van der Waals surface area (Å²) in [6.07, 6.45) is 0.731. The van der Waals surface area contributed by atoms with Gasteiger partial charge >= 0.3 is 0 Å². The molecule has 0 aliphatic heterocycles. The van der Waals surface area contributed by atoms with Crippen molar-refractivity contribution < 1.29 is 22.8 Å². The monoisotopic (exact) mass is 419 g/mol. The highest BCUT2D eigenvalue weighted by Gasteiger charge is 2.26. The van der Waals surface area contributed by atoms with Crippen LogP contribution in [0.1, 0.15) is 31.8 Å². The highest BCUT2D eigenvalue weighted by molar-refractivity contribution is 6.12.